The van der Waals surface area contributed by atoms with E-state index in [1.807, 2.05) is 0 Å². The Kier molecular flexibility index (Phi) is 1.93. The Balaban J connectivity index is 2.41. The van der Waals surface area contributed by atoms with Crippen molar-refractivity contribution in [3.05, 3.63) is 16.5 Å². The summed E-state index contributed by atoms with van der Waals surface area (Å²) >= 11 is 6.79. The van der Waals surface area contributed by atoms with Gasteiger partial charge in [-0.25, -0.2) is 8.42 Å². The third kappa shape index (κ3) is 1.39. The van der Waals surface area contributed by atoms with Crippen LogP contribution in [-0.4, -0.2) is 13.7 Å². The minimum absolute atomic E-state index is 0.132. The molecule has 0 unspecified atom stereocenters. The number of thiophene rings is 1. The van der Waals surface area contributed by atoms with Crippen LogP contribution in [0.3, 0.4) is 0 Å². The molecule has 0 aliphatic heterocycles. The highest BCUT2D eigenvalue weighted by Gasteiger charge is 2.37. The maximum absolute atomic E-state index is 11.6. The topological polar surface area (TPSA) is 34.1 Å². The summed E-state index contributed by atoms with van der Waals surface area (Å²) in [6.45, 7) is 0. The zero-order valence-electron chi connectivity index (χ0n) is 6.16. The van der Waals surface area contributed by atoms with Crippen molar-refractivity contribution >= 4 is 32.8 Å². The molecule has 1 aromatic heterocycles. The van der Waals surface area contributed by atoms with Crippen molar-refractivity contribution in [1.82, 2.24) is 0 Å². The first kappa shape index (κ1) is 8.53. The van der Waals surface area contributed by atoms with Crippen LogP contribution in [0.5, 0.6) is 0 Å². The maximum atomic E-state index is 11.6. The quantitative estimate of drug-likeness (QED) is 0.770. The van der Waals surface area contributed by atoms with Crippen LogP contribution in [0.15, 0.2) is 16.3 Å². The lowest BCUT2D eigenvalue weighted by atomic mass is 10.7. The van der Waals surface area contributed by atoms with Crippen molar-refractivity contribution in [1.29, 1.82) is 0 Å². The molecule has 1 saturated carbocycles. The lowest BCUT2D eigenvalue weighted by Crippen LogP contribution is -2.04. The van der Waals surface area contributed by atoms with Gasteiger partial charge in [0.2, 0.25) is 0 Å². The summed E-state index contributed by atoms with van der Waals surface area (Å²) in [5.74, 6) is 0. The highest BCUT2D eigenvalue weighted by Crippen LogP contribution is 2.37. The van der Waals surface area contributed by atoms with E-state index >= 15 is 0 Å². The molecule has 1 heterocycles. The molecular weight excluding hydrogens is 216 g/mol. The van der Waals surface area contributed by atoms with Crippen molar-refractivity contribution in [2.75, 3.05) is 0 Å². The van der Waals surface area contributed by atoms with E-state index in [0.717, 1.165) is 24.2 Å². The van der Waals surface area contributed by atoms with Crippen molar-refractivity contribution < 1.29 is 8.42 Å². The van der Waals surface area contributed by atoms with Gasteiger partial charge in [0.25, 0.3) is 0 Å². The molecule has 1 aromatic rings. The summed E-state index contributed by atoms with van der Waals surface area (Å²) in [6.07, 6.45) is 1.61. The molecule has 1 fully saturated rings. The van der Waals surface area contributed by atoms with E-state index in [2.05, 4.69) is 0 Å². The van der Waals surface area contributed by atoms with Gasteiger partial charge in [0.15, 0.2) is 9.84 Å². The van der Waals surface area contributed by atoms with E-state index in [1.54, 1.807) is 12.1 Å². The van der Waals surface area contributed by atoms with Crippen molar-refractivity contribution in [2.45, 2.75) is 22.3 Å². The van der Waals surface area contributed by atoms with Crippen molar-refractivity contribution in [3.63, 3.8) is 0 Å². The first-order chi connectivity index (χ1) is 5.60. The number of sulfone groups is 1. The lowest BCUT2D eigenvalue weighted by Gasteiger charge is -1.95. The van der Waals surface area contributed by atoms with Gasteiger partial charge in [-0.2, -0.15) is 0 Å². The van der Waals surface area contributed by atoms with Crippen LogP contribution < -0.4 is 0 Å². The summed E-state index contributed by atoms with van der Waals surface area (Å²) in [7, 11) is -3.01. The molecule has 0 N–H and O–H groups in total. The Hall–Kier alpha value is -0.0600. The summed E-state index contributed by atoms with van der Waals surface area (Å²) in [5, 5.41) is -0.132. The number of hydrogen-bond donors (Lipinski definition) is 0. The van der Waals surface area contributed by atoms with Gasteiger partial charge < -0.3 is 0 Å². The first-order valence-electron chi connectivity index (χ1n) is 3.60. The molecule has 0 spiro atoms. The van der Waals surface area contributed by atoms with Gasteiger partial charge in [0.05, 0.1) is 9.59 Å². The number of halogens is 1. The highest BCUT2D eigenvalue weighted by molar-refractivity contribution is 7.94. The molecule has 2 nitrogen and oxygen atoms in total. The van der Waals surface area contributed by atoms with Gasteiger partial charge in [-0.15, -0.1) is 11.3 Å². The molecular formula is C7H7ClO2S2. The van der Waals surface area contributed by atoms with Crippen LogP contribution in [0.4, 0.5) is 0 Å². The van der Waals surface area contributed by atoms with Gasteiger partial charge in [-0.3, -0.25) is 0 Å². The second kappa shape index (κ2) is 2.72. The summed E-state index contributed by atoms with van der Waals surface area (Å²) in [5.41, 5.74) is 0. The van der Waals surface area contributed by atoms with E-state index in [0.29, 0.717) is 8.55 Å². The van der Waals surface area contributed by atoms with Crippen LogP contribution >= 0.6 is 22.9 Å². The predicted octanol–water partition coefficient (Wildman–Crippen LogP) is 2.34. The summed E-state index contributed by atoms with van der Waals surface area (Å²) in [6, 6.07) is 3.21. The van der Waals surface area contributed by atoms with Crippen LogP contribution in [-0.2, 0) is 9.84 Å². The lowest BCUT2D eigenvalue weighted by molar-refractivity contribution is 0.597. The first-order valence-corrected chi connectivity index (χ1v) is 6.34. The summed E-state index contributed by atoms with van der Waals surface area (Å²) < 4.78 is 24.1. The van der Waals surface area contributed by atoms with Gasteiger partial charge >= 0.3 is 0 Å². The molecule has 0 saturated heterocycles. The molecule has 0 atom stereocenters. The average molecular weight is 223 g/mol. The molecule has 5 heteroatoms. The molecule has 66 valence electrons. The largest absolute Gasteiger partial charge is 0.223 e. The third-order valence-corrected chi connectivity index (χ3v) is 5.81. The monoisotopic (exact) mass is 222 g/mol. The van der Waals surface area contributed by atoms with E-state index in [-0.39, 0.29) is 5.25 Å². The Morgan fingerprint density at radius 1 is 1.42 bits per heavy atom. The standard InChI is InChI=1S/C7H7ClO2S2/c8-6-3-4-7(11-6)12(9,10)5-1-2-5/h3-5H,1-2H2. The Morgan fingerprint density at radius 2 is 2.08 bits per heavy atom. The number of hydrogen-bond acceptors (Lipinski definition) is 3. The zero-order chi connectivity index (χ0) is 8.77. The average Bonchev–Trinajstić information content (AvgIpc) is 2.75. The van der Waals surface area contributed by atoms with E-state index < -0.39 is 9.84 Å². The van der Waals surface area contributed by atoms with Gasteiger partial charge in [-0.05, 0) is 25.0 Å². The molecule has 1 aliphatic rings. The Labute approximate surface area is 80.1 Å². The Bertz CT molecular complexity index is 389. The fourth-order valence-corrected chi connectivity index (χ4v) is 4.39. The smallest absolute Gasteiger partial charge is 0.190 e. The second-order valence-electron chi connectivity index (χ2n) is 2.80. The second-order valence-corrected chi connectivity index (χ2v) is 6.97. The molecule has 12 heavy (non-hydrogen) atoms. The van der Waals surface area contributed by atoms with E-state index in [4.69, 9.17) is 11.6 Å². The SMILES string of the molecule is O=S(=O)(c1ccc(Cl)s1)C1CC1. The third-order valence-electron chi connectivity index (χ3n) is 1.79. The van der Waals surface area contributed by atoms with Gasteiger partial charge in [0, 0.05) is 0 Å². The normalized spacial score (nSPS) is 18.1. The minimum Gasteiger partial charge on any atom is -0.223 e. The van der Waals surface area contributed by atoms with E-state index in [9.17, 15) is 8.42 Å². The van der Waals surface area contributed by atoms with E-state index in [1.165, 1.54) is 0 Å². The predicted molar refractivity (Wildman–Crippen MR) is 49.5 cm³/mol. The van der Waals surface area contributed by atoms with Gasteiger partial charge in [-0.1, -0.05) is 11.6 Å². The fourth-order valence-electron chi connectivity index (χ4n) is 0.993. The van der Waals surface area contributed by atoms with Crippen LogP contribution in [0, 0.1) is 0 Å². The van der Waals surface area contributed by atoms with Crippen molar-refractivity contribution in [3.8, 4) is 0 Å². The van der Waals surface area contributed by atoms with Crippen LogP contribution in [0.25, 0.3) is 0 Å². The van der Waals surface area contributed by atoms with Crippen LogP contribution in [0.2, 0.25) is 4.34 Å². The zero-order valence-corrected chi connectivity index (χ0v) is 8.55. The van der Waals surface area contributed by atoms with Crippen LogP contribution in [0.1, 0.15) is 12.8 Å². The minimum atomic E-state index is -3.01. The molecule has 2 rings (SSSR count). The molecule has 0 amide bonds. The summed E-state index contributed by atoms with van der Waals surface area (Å²) in [4.78, 5) is 0. The number of rotatable bonds is 2. The highest BCUT2D eigenvalue weighted by atomic mass is 35.5. The fraction of sp³-hybridized carbons (Fsp3) is 0.429. The maximum Gasteiger partial charge on any atom is 0.190 e. The van der Waals surface area contributed by atoms with Gasteiger partial charge in [0.1, 0.15) is 4.21 Å². The van der Waals surface area contributed by atoms with Crippen molar-refractivity contribution in [2.24, 2.45) is 0 Å². The molecule has 1 aliphatic carbocycles. The molecule has 0 bridgehead atoms. The molecule has 0 radical (unpaired) electrons. The molecule has 0 aromatic carbocycles. The Morgan fingerprint density at radius 3 is 2.50 bits per heavy atom.